The number of aromatic nitrogens is 1. The maximum Gasteiger partial charge on any atom is 0.252 e. The van der Waals surface area contributed by atoms with E-state index in [1.54, 1.807) is 6.07 Å². The van der Waals surface area contributed by atoms with E-state index in [9.17, 15) is 9.59 Å². The van der Waals surface area contributed by atoms with Gasteiger partial charge in [-0.25, -0.2) is 0 Å². The Morgan fingerprint density at radius 3 is 2.70 bits per heavy atom. The summed E-state index contributed by atoms with van der Waals surface area (Å²) >= 11 is 0. The first-order valence-corrected chi connectivity index (χ1v) is 8.26. The summed E-state index contributed by atoms with van der Waals surface area (Å²) < 4.78 is 1.84. The number of rotatable bonds is 2. The zero-order valence-corrected chi connectivity index (χ0v) is 13.2. The number of benzene rings is 1. The number of nitrogens with zero attached hydrogens (tertiary/aromatic N) is 1. The molecule has 2 aromatic rings. The van der Waals surface area contributed by atoms with Crippen LogP contribution in [0.4, 0.5) is 5.82 Å². The molecule has 2 aliphatic rings. The number of carbonyl (C=O) groups excluding carboxylic acids is 1. The lowest BCUT2D eigenvalue weighted by Crippen LogP contribution is -2.39. The number of nitrogens with one attached hydrogen (secondary N) is 1. The highest BCUT2D eigenvalue weighted by atomic mass is 16.1. The molecule has 1 saturated carbocycles. The molecule has 1 N–H and O–H groups in total. The number of fused-ring (bicyclic) bond motifs is 3. The van der Waals surface area contributed by atoms with E-state index in [1.165, 1.54) is 6.07 Å². The second-order valence-electron chi connectivity index (χ2n) is 6.69. The van der Waals surface area contributed by atoms with Crippen LogP contribution in [0.2, 0.25) is 0 Å². The van der Waals surface area contributed by atoms with Gasteiger partial charge in [-0.15, -0.1) is 0 Å². The van der Waals surface area contributed by atoms with Crippen LogP contribution in [-0.2, 0) is 0 Å². The van der Waals surface area contributed by atoms with Crippen LogP contribution in [0.15, 0.2) is 47.3 Å². The Labute approximate surface area is 135 Å². The van der Waals surface area contributed by atoms with Gasteiger partial charge in [-0.3, -0.25) is 14.2 Å². The van der Waals surface area contributed by atoms with Crippen molar-refractivity contribution in [2.75, 3.05) is 11.9 Å². The molecule has 0 saturated heterocycles. The highest BCUT2D eigenvalue weighted by Gasteiger charge is 2.39. The largest absolute Gasteiger partial charge is 0.370 e. The van der Waals surface area contributed by atoms with Crippen LogP contribution in [0.1, 0.15) is 41.7 Å². The fraction of sp³-hybridized carbons (Fsp3) is 0.368. The Morgan fingerprint density at radius 2 is 1.91 bits per heavy atom. The van der Waals surface area contributed by atoms with Crippen molar-refractivity contribution in [3.05, 3.63) is 63.9 Å². The summed E-state index contributed by atoms with van der Waals surface area (Å²) in [5.41, 5.74) is 1.23. The van der Waals surface area contributed by atoms with E-state index in [0.717, 1.165) is 19.4 Å². The Kier molecular flexibility index (Phi) is 3.33. The van der Waals surface area contributed by atoms with Crippen molar-refractivity contribution in [3.8, 4) is 0 Å². The standard InChI is InChI=1S/C19H20N2O2/c1-12-7-8-14-11-20-19-15(9-10-16(22)21(19)17(12)14)18(23)13-5-3-2-4-6-13/h2-6,9-10,12,14,17,20H,7-8,11H2,1H3. The van der Waals surface area contributed by atoms with Crippen molar-refractivity contribution >= 4 is 11.6 Å². The van der Waals surface area contributed by atoms with Gasteiger partial charge in [-0.2, -0.15) is 0 Å². The SMILES string of the molecule is CC1CCC2CNc3c(C(=O)c4ccccc4)ccc(=O)n3C12. The topological polar surface area (TPSA) is 51.1 Å². The first-order chi connectivity index (χ1) is 11.2. The molecule has 0 radical (unpaired) electrons. The highest BCUT2D eigenvalue weighted by molar-refractivity contribution is 6.11. The second kappa shape index (κ2) is 5.37. The first kappa shape index (κ1) is 14.2. The van der Waals surface area contributed by atoms with E-state index in [2.05, 4.69) is 12.2 Å². The molecule has 3 unspecified atom stereocenters. The van der Waals surface area contributed by atoms with Gasteiger partial charge >= 0.3 is 0 Å². The van der Waals surface area contributed by atoms with E-state index in [4.69, 9.17) is 0 Å². The molecule has 1 aromatic carbocycles. The van der Waals surface area contributed by atoms with Gasteiger partial charge in [0.05, 0.1) is 5.56 Å². The number of carbonyl (C=O) groups is 1. The molecule has 0 amide bonds. The van der Waals surface area contributed by atoms with Crippen molar-refractivity contribution in [1.29, 1.82) is 0 Å². The molecular weight excluding hydrogens is 288 g/mol. The first-order valence-electron chi connectivity index (χ1n) is 8.26. The smallest absolute Gasteiger partial charge is 0.252 e. The molecule has 23 heavy (non-hydrogen) atoms. The lowest BCUT2D eigenvalue weighted by Gasteiger charge is -2.34. The minimum absolute atomic E-state index is 0.0134. The van der Waals surface area contributed by atoms with Gasteiger partial charge in [0.15, 0.2) is 5.78 Å². The van der Waals surface area contributed by atoms with E-state index in [1.807, 2.05) is 34.9 Å². The molecule has 1 fully saturated rings. The van der Waals surface area contributed by atoms with Gasteiger partial charge in [0, 0.05) is 24.2 Å². The molecule has 1 aromatic heterocycles. The van der Waals surface area contributed by atoms with Crippen molar-refractivity contribution in [2.45, 2.75) is 25.8 Å². The minimum Gasteiger partial charge on any atom is -0.370 e. The zero-order chi connectivity index (χ0) is 16.0. The fourth-order valence-corrected chi connectivity index (χ4v) is 4.16. The highest BCUT2D eigenvalue weighted by Crippen LogP contribution is 2.44. The number of hydrogen-bond acceptors (Lipinski definition) is 3. The Bertz CT molecular complexity index is 810. The summed E-state index contributed by atoms with van der Waals surface area (Å²) in [4.78, 5) is 25.3. The lowest BCUT2D eigenvalue weighted by molar-refractivity contribution is 0.103. The Hall–Kier alpha value is -2.36. The number of anilines is 1. The summed E-state index contributed by atoms with van der Waals surface area (Å²) in [5.74, 6) is 1.62. The third-order valence-electron chi connectivity index (χ3n) is 5.30. The predicted molar refractivity (Wildman–Crippen MR) is 90.0 cm³/mol. The van der Waals surface area contributed by atoms with Crippen molar-refractivity contribution in [2.24, 2.45) is 11.8 Å². The molecule has 4 nitrogen and oxygen atoms in total. The number of ketones is 1. The molecule has 4 heteroatoms. The molecule has 0 bridgehead atoms. The van der Waals surface area contributed by atoms with Gasteiger partial charge in [0.2, 0.25) is 0 Å². The average Bonchev–Trinajstić information content (AvgIpc) is 2.97. The van der Waals surface area contributed by atoms with Crippen LogP contribution in [0.5, 0.6) is 0 Å². The summed E-state index contributed by atoms with van der Waals surface area (Å²) in [6.07, 6.45) is 2.28. The van der Waals surface area contributed by atoms with Gasteiger partial charge in [0.1, 0.15) is 5.82 Å². The van der Waals surface area contributed by atoms with Crippen LogP contribution in [0, 0.1) is 11.8 Å². The quantitative estimate of drug-likeness (QED) is 0.867. The van der Waals surface area contributed by atoms with E-state index >= 15 is 0 Å². The Balaban J connectivity index is 1.85. The molecule has 3 atom stereocenters. The average molecular weight is 308 g/mol. The molecule has 1 aliphatic carbocycles. The normalized spacial score (nSPS) is 25.3. The third kappa shape index (κ3) is 2.21. The summed E-state index contributed by atoms with van der Waals surface area (Å²) in [5, 5.41) is 3.36. The molecule has 0 spiro atoms. The van der Waals surface area contributed by atoms with E-state index in [0.29, 0.717) is 28.8 Å². The Morgan fingerprint density at radius 1 is 1.13 bits per heavy atom. The van der Waals surface area contributed by atoms with Gasteiger partial charge in [-0.1, -0.05) is 37.3 Å². The summed E-state index contributed by atoms with van der Waals surface area (Å²) in [7, 11) is 0. The molecule has 1 aliphatic heterocycles. The number of hydrogen-bond donors (Lipinski definition) is 1. The van der Waals surface area contributed by atoms with E-state index < -0.39 is 0 Å². The van der Waals surface area contributed by atoms with Crippen LogP contribution in [0.3, 0.4) is 0 Å². The summed E-state index contributed by atoms with van der Waals surface area (Å²) in [6, 6.07) is 12.6. The zero-order valence-electron chi connectivity index (χ0n) is 13.2. The molecule has 2 heterocycles. The van der Waals surface area contributed by atoms with Crippen molar-refractivity contribution in [3.63, 3.8) is 0 Å². The fourth-order valence-electron chi connectivity index (χ4n) is 4.16. The third-order valence-corrected chi connectivity index (χ3v) is 5.30. The van der Waals surface area contributed by atoms with Crippen LogP contribution < -0.4 is 10.9 Å². The summed E-state index contributed by atoms with van der Waals surface area (Å²) in [6.45, 7) is 3.05. The van der Waals surface area contributed by atoms with Crippen LogP contribution >= 0.6 is 0 Å². The predicted octanol–water partition coefficient (Wildman–Crippen LogP) is 3.09. The van der Waals surface area contributed by atoms with Gasteiger partial charge in [0.25, 0.3) is 5.56 Å². The van der Waals surface area contributed by atoms with Gasteiger partial charge < -0.3 is 5.32 Å². The molecule has 118 valence electrons. The van der Waals surface area contributed by atoms with Crippen LogP contribution in [-0.4, -0.2) is 16.9 Å². The molecular formula is C19H20N2O2. The van der Waals surface area contributed by atoms with Crippen molar-refractivity contribution in [1.82, 2.24) is 4.57 Å². The minimum atomic E-state index is -0.0362. The maximum atomic E-state index is 12.8. The van der Waals surface area contributed by atoms with E-state index in [-0.39, 0.29) is 17.4 Å². The maximum absolute atomic E-state index is 12.8. The number of pyridine rings is 1. The van der Waals surface area contributed by atoms with Gasteiger partial charge in [-0.05, 0) is 30.7 Å². The second-order valence-corrected chi connectivity index (χ2v) is 6.69. The molecule has 4 rings (SSSR count). The monoisotopic (exact) mass is 308 g/mol. The lowest BCUT2D eigenvalue weighted by atomic mass is 9.94. The van der Waals surface area contributed by atoms with Crippen molar-refractivity contribution < 1.29 is 4.79 Å². The van der Waals surface area contributed by atoms with Crippen LogP contribution in [0.25, 0.3) is 0 Å².